The van der Waals surface area contributed by atoms with E-state index in [1.165, 1.54) is 57.7 Å². The van der Waals surface area contributed by atoms with Crippen molar-refractivity contribution in [3.05, 3.63) is 29.1 Å². The number of likely N-dealkylation sites (tertiary alicyclic amines) is 1. The number of ether oxygens (including phenoxy) is 1. The van der Waals surface area contributed by atoms with Crippen molar-refractivity contribution in [1.29, 1.82) is 0 Å². The summed E-state index contributed by atoms with van der Waals surface area (Å²) in [6.07, 6.45) is 9.86. The molecular weight excluding hydrogens is 339 g/mol. The first kappa shape index (κ1) is 20.6. The molecule has 0 amide bonds. The summed E-state index contributed by atoms with van der Waals surface area (Å²) in [6, 6.07) is 3.43. The van der Waals surface area contributed by atoms with Gasteiger partial charge in [-0.1, -0.05) is 13.0 Å². The van der Waals surface area contributed by atoms with Crippen LogP contribution in [0.4, 0.5) is 10.1 Å². The van der Waals surface area contributed by atoms with Gasteiger partial charge < -0.3 is 10.5 Å². The molecule has 2 aliphatic rings. The minimum atomic E-state index is -0.197. The number of anilines is 1. The predicted octanol–water partition coefficient (Wildman–Crippen LogP) is 5.10. The lowest BCUT2D eigenvalue weighted by Gasteiger charge is -2.48. The standard InChI is InChI=1S/C23H37FN2O/c1-4-13-27-20-5-9-23(3,10-6-20)26-11-7-18(8-12-26)15-19-14-17(2)21(24)16-22(19)25/h14,16,18,20H,4-13,15,25H2,1-3H3. The van der Waals surface area contributed by atoms with Gasteiger partial charge >= 0.3 is 0 Å². The Bertz CT molecular complexity index is 617. The van der Waals surface area contributed by atoms with Crippen LogP contribution < -0.4 is 5.73 Å². The Kier molecular flexibility index (Phi) is 6.80. The maximum absolute atomic E-state index is 13.6. The summed E-state index contributed by atoms with van der Waals surface area (Å²) in [5.41, 5.74) is 8.82. The number of aryl methyl sites for hydroxylation is 1. The molecule has 0 radical (unpaired) electrons. The van der Waals surface area contributed by atoms with Crippen LogP contribution in [0.5, 0.6) is 0 Å². The van der Waals surface area contributed by atoms with Gasteiger partial charge in [0.25, 0.3) is 0 Å². The first-order valence-electron chi connectivity index (χ1n) is 10.8. The number of nitrogens with two attached hydrogens (primary N) is 1. The van der Waals surface area contributed by atoms with E-state index in [-0.39, 0.29) is 5.82 Å². The van der Waals surface area contributed by atoms with Gasteiger partial charge in [0.2, 0.25) is 0 Å². The van der Waals surface area contributed by atoms with E-state index in [2.05, 4.69) is 18.7 Å². The molecule has 0 spiro atoms. The van der Waals surface area contributed by atoms with Crippen molar-refractivity contribution >= 4 is 5.69 Å². The van der Waals surface area contributed by atoms with Crippen molar-refractivity contribution < 1.29 is 9.13 Å². The van der Waals surface area contributed by atoms with Crippen LogP contribution in [0, 0.1) is 18.7 Å². The predicted molar refractivity (Wildman–Crippen MR) is 110 cm³/mol. The van der Waals surface area contributed by atoms with Crippen molar-refractivity contribution in [2.75, 3.05) is 25.4 Å². The van der Waals surface area contributed by atoms with Crippen molar-refractivity contribution in [3.63, 3.8) is 0 Å². The third-order valence-electron chi connectivity index (χ3n) is 6.87. The van der Waals surface area contributed by atoms with Crippen LogP contribution >= 0.6 is 0 Å². The van der Waals surface area contributed by atoms with Crippen molar-refractivity contribution in [3.8, 4) is 0 Å². The number of hydrogen-bond acceptors (Lipinski definition) is 3. The molecule has 0 atom stereocenters. The number of benzene rings is 1. The molecule has 27 heavy (non-hydrogen) atoms. The smallest absolute Gasteiger partial charge is 0.128 e. The number of nitrogen functional groups attached to an aromatic ring is 1. The van der Waals surface area contributed by atoms with Crippen molar-refractivity contribution in [2.45, 2.75) is 83.8 Å². The number of halogens is 1. The highest BCUT2D eigenvalue weighted by molar-refractivity contribution is 5.49. The summed E-state index contributed by atoms with van der Waals surface area (Å²) < 4.78 is 19.6. The molecular formula is C23H37FN2O. The molecule has 1 saturated heterocycles. The Hall–Kier alpha value is -1.13. The monoisotopic (exact) mass is 376 g/mol. The number of piperidine rings is 1. The normalized spacial score (nSPS) is 27.8. The van der Waals surface area contributed by atoms with E-state index in [4.69, 9.17) is 10.5 Å². The van der Waals surface area contributed by atoms with Gasteiger partial charge in [0, 0.05) is 17.8 Å². The van der Waals surface area contributed by atoms with E-state index in [1.807, 2.05) is 13.0 Å². The molecule has 0 aromatic heterocycles. The molecule has 1 aromatic rings. The molecule has 2 fully saturated rings. The van der Waals surface area contributed by atoms with Gasteiger partial charge in [-0.05, 0) is 101 Å². The molecule has 4 heteroatoms. The molecule has 152 valence electrons. The molecule has 0 unspecified atom stereocenters. The van der Waals surface area contributed by atoms with Gasteiger partial charge in [0.1, 0.15) is 5.82 Å². The fourth-order valence-corrected chi connectivity index (χ4v) is 4.90. The molecule has 1 aliphatic heterocycles. The summed E-state index contributed by atoms with van der Waals surface area (Å²) in [5, 5.41) is 0. The Morgan fingerprint density at radius 1 is 1.19 bits per heavy atom. The lowest BCUT2D eigenvalue weighted by atomic mass is 9.78. The molecule has 3 rings (SSSR count). The van der Waals surface area contributed by atoms with Gasteiger partial charge in [0.05, 0.1) is 6.10 Å². The molecule has 1 heterocycles. The lowest BCUT2D eigenvalue weighted by Crippen LogP contribution is -2.52. The summed E-state index contributed by atoms with van der Waals surface area (Å²) in [7, 11) is 0. The second-order valence-corrected chi connectivity index (χ2v) is 9.00. The van der Waals surface area contributed by atoms with Crippen LogP contribution in [-0.2, 0) is 11.2 Å². The van der Waals surface area contributed by atoms with Gasteiger partial charge in [-0.3, -0.25) is 4.90 Å². The molecule has 1 saturated carbocycles. The van der Waals surface area contributed by atoms with E-state index in [0.717, 1.165) is 25.0 Å². The van der Waals surface area contributed by atoms with Gasteiger partial charge in [-0.2, -0.15) is 0 Å². The second kappa shape index (κ2) is 8.91. The van der Waals surface area contributed by atoms with Gasteiger partial charge in [0.15, 0.2) is 0 Å². The molecule has 0 bridgehead atoms. The average Bonchev–Trinajstić information content (AvgIpc) is 2.66. The SMILES string of the molecule is CCCOC1CCC(C)(N2CCC(Cc3cc(C)c(F)cc3N)CC2)CC1. The summed E-state index contributed by atoms with van der Waals surface area (Å²) in [5.74, 6) is 0.457. The van der Waals surface area contributed by atoms with E-state index >= 15 is 0 Å². The quantitative estimate of drug-likeness (QED) is 0.702. The topological polar surface area (TPSA) is 38.5 Å². The minimum absolute atomic E-state index is 0.197. The third kappa shape index (κ3) is 5.03. The second-order valence-electron chi connectivity index (χ2n) is 9.00. The Balaban J connectivity index is 1.50. The Labute approximate surface area is 164 Å². The minimum Gasteiger partial charge on any atom is -0.398 e. The highest BCUT2D eigenvalue weighted by Crippen LogP contribution is 2.37. The van der Waals surface area contributed by atoms with E-state index < -0.39 is 0 Å². The molecule has 3 nitrogen and oxygen atoms in total. The summed E-state index contributed by atoms with van der Waals surface area (Å²) in [4.78, 5) is 2.72. The van der Waals surface area contributed by atoms with Crippen LogP contribution in [0.3, 0.4) is 0 Å². The highest BCUT2D eigenvalue weighted by atomic mass is 19.1. The average molecular weight is 377 g/mol. The third-order valence-corrected chi connectivity index (χ3v) is 6.87. The van der Waals surface area contributed by atoms with Gasteiger partial charge in [-0.15, -0.1) is 0 Å². The van der Waals surface area contributed by atoms with Crippen LogP contribution in [-0.4, -0.2) is 36.2 Å². The zero-order valence-corrected chi connectivity index (χ0v) is 17.4. The maximum Gasteiger partial charge on any atom is 0.128 e. The van der Waals surface area contributed by atoms with Crippen LogP contribution in [0.2, 0.25) is 0 Å². The largest absolute Gasteiger partial charge is 0.398 e. The maximum atomic E-state index is 13.6. The molecule has 1 aromatic carbocycles. The molecule has 1 aliphatic carbocycles. The fourth-order valence-electron chi connectivity index (χ4n) is 4.90. The summed E-state index contributed by atoms with van der Waals surface area (Å²) >= 11 is 0. The van der Waals surface area contributed by atoms with E-state index in [1.54, 1.807) is 0 Å². The van der Waals surface area contributed by atoms with Crippen molar-refractivity contribution in [2.24, 2.45) is 5.92 Å². The van der Waals surface area contributed by atoms with Crippen molar-refractivity contribution in [1.82, 2.24) is 4.90 Å². The number of rotatable bonds is 6. The first-order chi connectivity index (χ1) is 12.9. The molecule has 2 N–H and O–H groups in total. The van der Waals surface area contributed by atoms with Crippen LogP contribution in [0.25, 0.3) is 0 Å². The number of nitrogens with zero attached hydrogens (tertiary/aromatic N) is 1. The van der Waals surface area contributed by atoms with Crippen LogP contribution in [0.1, 0.15) is 69.9 Å². The van der Waals surface area contributed by atoms with Gasteiger partial charge in [-0.25, -0.2) is 4.39 Å². The number of hydrogen-bond donors (Lipinski definition) is 1. The summed E-state index contributed by atoms with van der Waals surface area (Å²) in [6.45, 7) is 9.69. The first-order valence-corrected chi connectivity index (χ1v) is 10.8. The Morgan fingerprint density at radius 3 is 2.48 bits per heavy atom. The Morgan fingerprint density at radius 2 is 1.85 bits per heavy atom. The fraction of sp³-hybridized carbons (Fsp3) is 0.739. The zero-order chi connectivity index (χ0) is 19.4. The zero-order valence-electron chi connectivity index (χ0n) is 17.4. The van der Waals surface area contributed by atoms with Crippen LogP contribution in [0.15, 0.2) is 12.1 Å². The van der Waals surface area contributed by atoms with E-state index in [0.29, 0.717) is 28.8 Å². The lowest BCUT2D eigenvalue weighted by molar-refractivity contribution is -0.0312. The van der Waals surface area contributed by atoms with E-state index in [9.17, 15) is 4.39 Å². The highest BCUT2D eigenvalue weighted by Gasteiger charge is 2.38.